The van der Waals surface area contributed by atoms with Crippen molar-refractivity contribution >= 4 is 15.9 Å². The number of methoxy groups -OCH3 is 2. The Hall–Kier alpha value is -1.55. The summed E-state index contributed by atoms with van der Waals surface area (Å²) in [6.45, 7) is 0. The standard InChI is InChI=1S/C16H16BrFO2/c1-19-14-8-5-9-15(20-2)16(14)12(17)10-11-6-3-4-7-13(11)18/h3-9,12H,10H2,1-2H3. The zero-order valence-corrected chi connectivity index (χ0v) is 13.0. The van der Waals surface area contributed by atoms with Crippen LogP contribution in [0.3, 0.4) is 0 Å². The third-order valence-corrected chi connectivity index (χ3v) is 3.92. The fourth-order valence-electron chi connectivity index (χ4n) is 2.15. The van der Waals surface area contributed by atoms with E-state index in [-0.39, 0.29) is 10.6 Å². The molecule has 1 unspecified atom stereocenters. The molecule has 2 aromatic rings. The maximum Gasteiger partial charge on any atom is 0.126 e. The lowest BCUT2D eigenvalue weighted by atomic mass is 10.0. The largest absolute Gasteiger partial charge is 0.496 e. The van der Waals surface area contributed by atoms with Crippen molar-refractivity contribution in [1.82, 2.24) is 0 Å². The van der Waals surface area contributed by atoms with Crippen molar-refractivity contribution in [3.8, 4) is 11.5 Å². The van der Waals surface area contributed by atoms with Gasteiger partial charge in [-0.05, 0) is 30.2 Å². The molecule has 20 heavy (non-hydrogen) atoms. The van der Waals surface area contributed by atoms with E-state index in [4.69, 9.17) is 9.47 Å². The lowest BCUT2D eigenvalue weighted by Crippen LogP contribution is -2.03. The van der Waals surface area contributed by atoms with Gasteiger partial charge in [0, 0.05) is 0 Å². The molecule has 0 radical (unpaired) electrons. The van der Waals surface area contributed by atoms with Crippen molar-refractivity contribution < 1.29 is 13.9 Å². The van der Waals surface area contributed by atoms with E-state index < -0.39 is 0 Å². The third kappa shape index (κ3) is 3.12. The van der Waals surface area contributed by atoms with E-state index in [0.717, 1.165) is 17.1 Å². The number of halogens is 2. The molecule has 0 heterocycles. The maximum atomic E-state index is 13.7. The molecular formula is C16H16BrFO2. The molecule has 0 bridgehead atoms. The number of hydrogen-bond acceptors (Lipinski definition) is 2. The minimum Gasteiger partial charge on any atom is -0.496 e. The van der Waals surface area contributed by atoms with Crippen LogP contribution in [0.5, 0.6) is 11.5 Å². The van der Waals surface area contributed by atoms with Crippen molar-refractivity contribution in [3.63, 3.8) is 0 Å². The Bertz CT molecular complexity index is 564. The molecule has 0 spiro atoms. The number of hydrogen-bond donors (Lipinski definition) is 0. The first-order valence-electron chi connectivity index (χ1n) is 6.25. The van der Waals surface area contributed by atoms with Crippen LogP contribution in [0.4, 0.5) is 4.39 Å². The molecule has 0 aromatic heterocycles. The number of benzene rings is 2. The van der Waals surface area contributed by atoms with Crippen LogP contribution in [0, 0.1) is 5.82 Å². The van der Waals surface area contributed by atoms with Crippen LogP contribution in [-0.4, -0.2) is 14.2 Å². The lowest BCUT2D eigenvalue weighted by molar-refractivity contribution is 0.385. The third-order valence-electron chi connectivity index (χ3n) is 3.14. The molecule has 0 N–H and O–H groups in total. The van der Waals surface area contributed by atoms with Crippen LogP contribution in [0.1, 0.15) is 16.0 Å². The highest BCUT2D eigenvalue weighted by molar-refractivity contribution is 9.09. The summed E-state index contributed by atoms with van der Waals surface area (Å²) in [6.07, 6.45) is 0.517. The van der Waals surface area contributed by atoms with Gasteiger partial charge in [-0.15, -0.1) is 0 Å². The highest BCUT2D eigenvalue weighted by Crippen LogP contribution is 2.40. The molecule has 0 saturated carbocycles. The molecule has 106 valence electrons. The Labute approximate surface area is 126 Å². The van der Waals surface area contributed by atoms with Crippen LogP contribution in [0.15, 0.2) is 42.5 Å². The molecule has 2 rings (SSSR count). The zero-order valence-electron chi connectivity index (χ0n) is 11.4. The van der Waals surface area contributed by atoms with E-state index in [1.54, 1.807) is 26.4 Å². The minimum absolute atomic E-state index is 0.0921. The first-order valence-corrected chi connectivity index (χ1v) is 7.17. The SMILES string of the molecule is COc1cccc(OC)c1C(Br)Cc1ccccc1F. The van der Waals surface area contributed by atoms with Gasteiger partial charge in [0.25, 0.3) is 0 Å². The Morgan fingerprint density at radius 1 is 1.00 bits per heavy atom. The number of rotatable bonds is 5. The van der Waals surface area contributed by atoms with E-state index in [2.05, 4.69) is 15.9 Å². The average molecular weight is 339 g/mol. The topological polar surface area (TPSA) is 18.5 Å². The van der Waals surface area contributed by atoms with E-state index in [1.165, 1.54) is 6.07 Å². The highest BCUT2D eigenvalue weighted by atomic mass is 79.9. The van der Waals surface area contributed by atoms with Gasteiger partial charge in [0.15, 0.2) is 0 Å². The smallest absolute Gasteiger partial charge is 0.126 e. The summed E-state index contributed by atoms with van der Waals surface area (Å²) >= 11 is 3.61. The van der Waals surface area contributed by atoms with Crippen molar-refractivity contribution in [3.05, 3.63) is 59.4 Å². The summed E-state index contributed by atoms with van der Waals surface area (Å²) in [5, 5.41) is 0. The normalized spacial score (nSPS) is 12.0. The second-order valence-electron chi connectivity index (χ2n) is 4.34. The molecule has 0 aliphatic rings. The Morgan fingerprint density at radius 2 is 1.60 bits per heavy atom. The fourth-order valence-corrected chi connectivity index (χ4v) is 2.95. The van der Waals surface area contributed by atoms with E-state index >= 15 is 0 Å². The van der Waals surface area contributed by atoms with Gasteiger partial charge in [-0.25, -0.2) is 4.39 Å². The molecular weight excluding hydrogens is 323 g/mol. The van der Waals surface area contributed by atoms with Crippen molar-refractivity contribution in [2.45, 2.75) is 11.2 Å². The average Bonchev–Trinajstić information content (AvgIpc) is 2.48. The van der Waals surface area contributed by atoms with Crippen LogP contribution in [0.2, 0.25) is 0 Å². The van der Waals surface area contributed by atoms with E-state index in [1.807, 2.05) is 24.3 Å². The van der Waals surface area contributed by atoms with Gasteiger partial charge in [-0.2, -0.15) is 0 Å². The van der Waals surface area contributed by atoms with Crippen LogP contribution in [-0.2, 0) is 6.42 Å². The Balaban J connectivity index is 2.34. The summed E-state index contributed by atoms with van der Waals surface area (Å²) in [4.78, 5) is -0.0921. The summed E-state index contributed by atoms with van der Waals surface area (Å²) in [5.74, 6) is 1.25. The van der Waals surface area contributed by atoms with E-state index in [0.29, 0.717) is 12.0 Å². The first-order chi connectivity index (χ1) is 9.67. The highest BCUT2D eigenvalue weighted by Gasteiger charge is 2.19. The van der Waals surface area contributed by atoms with Gasteiger partial charge in [0.05, 0.1) is 24.6 Å². The predicted molar refractivity (Wildman–Crippen MR) is 81.3 cm³/mol. The van der Waals surface area contributed by atoms with Gasteiger partial charge >= 0.3 is 0 Å². The maximum absolute atomic E-state index is 13.7. The van der Waals surface area contributed by atoms with Gasteiger partial charge in [-0.1, -0.05) is 40.2 Å². The molecule has 0 aliphatic heterocycles. The summed E-state index contributed by atoms with van der Waals surface area (Å²) in [6, 6.07) is 12.4. The summed E-state index contributed by atoms with van der Waals surface area (Å²) < 4.78 is 24.5. The second-order valence-corrected chi connectivity index (χ2v) is 5.44. The molecule has 0 aliphatic carbocycles. The molecule has 0 amide bonds. The molecule has 4 heteroatoms. The molecule has 2 nitrogen and oxygen atoms in total. The van der Waals surface area contributed by atoms with Gasteiger partial charge < -0.3 is 9.47 Å². The molecule has 2 aromatic carbocycles. The van der Waals surface area contributed by atoms with Gasteiger partial charge in [0.1, 0.15) is 17.3 Å². The van der Waals surface area contributed by atoms with Gasteiger partial charge in [-0.3, -0.25) is 0 Å². The molecule has 1 atom stereocenters. The monoisotopic (exact) mass is 338 g/mol. The Morgan fingerprint density at radius 3 is 2.15 bits per heavy atom. The summed E-state index contributed by atoms with van der Waals surface area (Å²) in [5.41, 5.74) is 1.54. The molecule has 0 fully saturated rings. The van der Waals surface area contributed by atoms with Gasteiger partial charge in [0.2, 0.25) is 0 Å². The molecule has 0 saturated heterocycles. The lowest BCUT2D eigenvalue weighted by Gasteiger charge is -2.18. The van der Waals surface area contributed by atoms with Crippen LogP contribution >= 0.6 is 15.9 Å². The van der Waals surface area contributed by atoms with E-state index in [9.17, 15) is 4.39 Å². The van der Waals surface area contributed by atoms with Crippen molar-refractivity contribution in [1.29, 1.82) is 0 Å². The first kappa shape index (κ1) is 14.9. The minimum atomic E-state index is -0.203. The summed E-state index contributed by atoms with van der Waals surface area (Å²) in [7, 11) is 3.22. The van der Waals surface area contributed by atoms with Crippen molar-refractivity contribution in [2.75, 3.05) is 14.2 Å². The number of alkyl halides is 1. The fraction of sp³-hybridized carbons (Fsp3) is 0.250. The quantitative estimate of drug-likeness (QED) is 0.746. The predicted octanol–water partition coefficient (Wildman–Crippen LogP) is 4.52. The van der Waals surface area contributed by atoms with Crippen LogP contribution < -0.4 is 9.47 Å². The van der Waals surface area contributed by atoms with Crippen molar-refractivity contribution in [2.24, 2.45) is 0 Å². The number of ether oxygens (including phenoxy) is 2. The second kappa shape index (κ2) is 6.75. The van der Waals surface area contributed by atoms with Crippen LogP contribution in [0.25, 0.3) is 0 Å². The Kier molecular flexibility index (Phi) is 5.01. The zero-order chi connectivity index (χ0) is 14.5.